The highest BCUT2D eigenvalue weighted by molar-refractivity contribution is 5.43. The number of nitrogens with zero attached hydrogens (tertiary/aromatic N) is 2. The van der Waals surface area contributed by atoms with E-state index in [4.69, 9.17) is 15.3 Å². The van der Waals surface area contributed by atoms with E-state index >= 15 is 0 Å². The summed E-state index contributed by atoms with van der Waals surface area (Å²) in [5.74, 6) is -0.320. The third-order valence-corrected chi connectivity index (χ3v) is 2.59. The molecule has 94 valence electrons. The van der Waals surface area contributed by atoms with E-state index < -0.39 is 5.82 Å². The summed E-state index contributed by atoms with van der Waals surface area (Å²) in [6.45, 7) is 4.08. The van der Waals surface area contributed by atoms with Crippen LogP contribution in [0.25, 0.3) is 0 Å². The van der Waals surface area contributed by atoms with Crippen molar-refractivity contribution in [3.63, 3.8) is 0 Å². The first kappa shape index (κ1) is 14.0. The maximum Gasteiger partial charge on any atom is 0.144 e. The molecule has 4 heteroatoms. The molecule has 0 aliphatic rings. The van der Waals surface area contributed by atoms with Crippen molar-refractivity contribution in [2.24, 2.45) is 5.41 Å². The number of rotatable bonds is 5. The van der Waals surface area contributed by atoms with Gasteiger partial charge in [0, 0.05) is 0 Å². The number of halogens is 1. The topological polar surface area (TPSA) is 56.8 Å². The van der Waals surface area contributed by atoms with Crippen LogP contribution in [0.1, 0.15) is 32.3 Å². The summed E-state index contributed by atoms with van der Waals surface area (Å²) in [6.07, 6.45) is 1.38. The Labute approximate surface area is 106 Å². The van der Waals surface area contributed by atoms with Gasteiger partial charge < -0.3 is 4.74 Å². The summed E-state index contributed by atoms with van der Waals surface area (Å²) in [4.78, 5) is 0. The quantitative estimate of drug-likeness (QED) is 0.748. The number of ether oxygens (including phenoxy) is 1. The van der Waals surface area contributed by atoms with Crippen molar-refractivity contribution in [2.75, 3.05) is 6.61 Å². The van der Waals surface area contributed by atoms with E-state index in [1.54, 1.807) is 12.1 Å². The number of nitriles is 2. The molecular formula is C14H15FN2O. The van der Waals surface area contributed by atoms with Crippen molar-refractivity contribution in [1.82, 2.24) is 0 Å². The van der Waals surface area contributed by atoms with Crippen LogP contribution < -0.4 is 4.74 Å². The maximum absolute atomic E-state index is 13.3. The van der Waals surface area contributed by atoms with Crippen molar-refractivity contribution in [1.29, 1.82) is 10.5 Å². The first-order chi connectivity index (χ1) is 8.50. The van der Waals surface area contributed by atoms with Gasteiger partial charge in [0.2, 0.25) is 0 Å². The third kappa shape index (κ3) is 3.75. The van der Waals surface area contributed by atoms with Crippen molar-refractivity contribution < 1.29 is 9.13 Å². The molecule has 0 N–H and O–H groups in total. The van der Waals surface area contributed by atoms with E-state index in [2.05, 4.69) is 6.07 Å². The normalized spacial score (nSPS) is 10.5. The highest BCUT2D eigenvalue weighted by Gasteiger charge is 2.16. The molecule has 1 aromatic carbocycles. The summed E-state index contributed by atoms with van der Waals surface area (Å²) in [7, 11) is 0. The van der Waals surface area contributed by atoms with Crippen LogP contribution in [0.15, 0.2) is 18.2 Å². The molecule has 0 unspecified atom stereocenters. The van der Waals surface area contributed by atoms with E-state index in [-0.39, 0.29) is 16.7 Å². The lowest BCUT2D eigenvalue weighted by Gasteiger charge is -2.15. The molecule has 1 rings (SSSR count). The third-order valence-electron chi connectivity index (χ3n) is 2.59. The molecule has 0 aliphatic heterocycles. The summed E-state index contributed by atoms with van der Waals surface area (Å²) < 4.78 is 18.6. The lowest BCUT2D eigenvalue weighted by molar-refractivity contribution is 0.282. The molecule has 0 atom stereocenters. The zero-order valence-corrected chi connectivity index (χ0v) is 10.5. The summed E-state index contributed by atoms with van der Waals surface area (Å²) in [5, 5.41) is 17.7. The van der Waals surface area contributed by atoms with Crippen molar-refractivity contribution in [3.05, 3.63) is 29.6 Å². The van der Waals surface area contributed by atoms with E-state index in [1.807, 2.05) is 13.8 Å². The second kappa shape index (κ2) is 6.02. The Balaban J connectivity index is 2.54. The Hall–Kier alpha value is -2.07. The van der Waals surface area contributed by atoms with Crippen LogP contribution in [0.5, 0.6) is 5.75 Å². The van der Waals surface area contributed by atoms with Crippen molar-refractivity contribution >= 4 is 0 Å². The van der Waals surface area contributed by atoms with Crippen LogP contribution in [0.2, 0.25) is 0 Å². The van der Waals surface area contributed by atoms with Gasteiger partial charge in [-0.1, -0.05) is 6.07 Å². The number of benzene rings is 1. The van der Waals surface area contributed by atoms with E-state index in [0.717, 1.165) is 0 Å². The van der Waals surface area contributed by atoms with Crippen LogP contribution in [-0.2, 0) is 0 Å². The van der Waals surface area contributed by atoms with Gasteiger partial charge in [0.05, 0.1) is 18.1 Å². The van der Waals surface area contributed by atoms with Gasteiger partial charge in [-0.2, -0.15) is 10.5 Å². The molecule has 3 nitrogen and oxygen atoms in total. The molecule has 0 aliphatic carbocycles. The molecule has 0 saturated heterocycles. The second-order valence-corrected chi connectivity index (χ2v) is 4.67. The van der Waals surface area contributed by atoms with E-state index in [0.29, 0.717) is 19.4 Å². The molecule has 18 heavy (non-hydrogen) atoms. The smallest absolute Gasteiger partial charge is 0.144 e. The summed E-state index contributed by atoms with van der Waals surface area (Å²) in [6, 6.07) is 8.28. The van der Waals surface area contributed by atoms with Gasteiger partial charge in [0.1, 0.15) is 23.2 Å². The maximum atomic E-state index is 13.3. The van der Waals surface area contributed by atoms with Crippen LogP contribution in [0, 0.1) is 33.9 Å². The van der Waals surface area contributed by atoms with Crippen molar-refractivity contribution in [2.45, 2.75) is 26.7 Å². The standard InChI is InChI=1S/C14H15FN2O/c1-14(2,10-17)7-4-8-18-13-6-3-5-12(15)11(13)9-16/h3,5-6H,4,7-8H2,1-2H3. The highest BCUT2D eigenvalue weighted by Crippen LogP contribution is 2.23. The first-order valence-electron chi connectivity index (χ1n) is 5.73. The Morgan fingerprint density at radius 2 is 2.06 bits per heavy atom. The monoisotopic (exact) mass is 246 g/mol. The van der Waals surface area contributed by atoms with Gasteiger partial charge in [0.15, 0.2) is 0 Å². The zero-order chi connectivity index (χ0) is 13.6. The lowest BCUT2D eigenvalue weighted by Crippen LogP contribution is -2.10. The fourth-order valence-electron chi connectivity index (χ4n) is 1.49. The van der Waals surface area contributed by atoms with Crippen LogP contribution in [0.4, 0.5) is 4.39 Å². The van der Waals surface area contributed by atoms with E-state index in [9.17, 15) is 4.39 Å². The van der Waals surface area contributed by atoms with Gasteiger partial charge in [-0.3, -0.25) is 0 Å². The Kier molecular flexibility index (Phi) is 4.68. The SMILES string of the molecule is CC(C)(C#N)CCCOc1cccc(F)c1C#N. The molecule has 0 saturated carbocycles. The van der Waals surface area contributed by atoms with Gasteiger partial charge in [-0.05, 0) is 38.8 Å². The van der Waals surface area contributed by atoms with Crippen LogP contribution in [0.3, 0.4) is 0 Å². The highest BCUT2D eigenvalue weighted by atomic mass is 19.1. The van der Waals surface area contributed by atoms with Gasteiger partial charge >= 0.3 is 0 Å². The molecule has 0 heterocycles. The molecule has 1 aromatic rings. The molecular weight excluding hydrogens is 231 g/mol. The minimum absolute atomic E-state index is 0.0722. The molecule has 0 amide bonds. The summed E-state index contributed by atoms with van der Waals surface area (Å²) >= 11 is 0. The van der Waals surface area contributed by atoms with Crippen LogP contribution >= 0.6 is 0 Å². The minimum atomic E-state index is -0.577. The second-order valence-electron chi connectivity index (χ2n) is 4.67. The zero-order valence-electron chi connectivity index (χ0n) is 10.5. The van der Waals surface area contributed by atoms with Crippen molar-refractivity contribution in [3.8, 4) is 17.9 Å². The number of hydrogen-bond donors (Lipinski definition) is 0. The Morgan fingerprint density at radius 1 is 1.33 bits per heavy atom. The van der Waals surface area contributed by atoms with Gasteiger partial charge in [0.25, 0.3) is 0 Å². The van der Waals surface area contributed by atoms with Crippen LogP contribution in [-0.4, -0.2) is 6.61 Å². The number of hydrogen-bond acceptors (Lipinski definition) is 3. The molecule has 0 fully saturated rings. The molecule has 0 bridgehead atoms. The van der Waals surface area contributed by atoms with Gasteiger partial charge in [-0.15, -0.1) is 0 Å². The average Bonchev–Trinajstić information content (AvgIpc) is 2.35. The minimum Gasteiger partial charge on any atom is -0.492 e. The molecule has 0 radical (unpaired) electrons. The predicted octanol–water partition coefficient (Wildman–Crippen LogP) is 3.41. The Bertz CT molecular complexity index is 497. The van der Waals surface area contributed by atoms with E-state index in [1.165, 1.54) is 12.1 Å². The predicted molar refractivity (Wildman–Crippen MR) is 65.2 cm³/mol. The summed E-state index contributed by atoms with van der Waals surface area (Å²) in [5.41, 5.74) is -0.458. The largest absolute Gasteiger partial charge is 0.492 e. The lowest BCUT2D eigenvalue weighted by atomic mass is 9.90. The Morgan fingerprint density at radius 3 is 2.67 bits per heavy atom. The average molecular weight is 246 g/mol. The fourth-order valence-corrected chi connectivity index (χ4v) is 1.49. The fraction of sp³-hybridized carbons (Fsp3) is 0.429. The first-order valence-corrected chi connectivity index (χ1v) is 5.73. The molecule has 0 spiro atoms. The molecule has 0 aromatic heterocycles. The van der Waals surface area contributed by atoms with Gasteiger partial charge in [-0.25, -0.2) is 4.39 Å².